The minimum Gasteiger partial charge on any atom is -0.484 e. The summed E-state index contributed by atoms with van der Waals surface area (Å²) in [5.41, 5.74) is 0.405. The molecule has 7 nitrogen and oxygen atoms in total. The molecule has 0 aliphatic carbocycles. The van der Waals surface area contributed by atoms with E-state index in [4.69, 9.17) is 21.1 Å². The Hall–Kier alpha value is -2.29. The topological polar surface area (TPSA) is 93.7 Å². The lowest BCUT2D eigenvalue weighted by Crippen LogP contribution is -2.31. The van der Waals surface area contributed by atoms with Gasteiger partial charge < -0.3 is 14.8 Å². The fourth-order valence-electron chi connectivity index (χ4n) is 1.94. The van der Waals surface area contributed by atoms with E-state index in [1.807, 2.05) is 0 Å². The van der Waals surface area contributed by atoms with Gasteiger partial charge in [0.1, 0.15) is 5.75 Å². The van der Waals surface area contributed by atoms with E-state index in [-0.39, 0.29) is 17.4 Å². The smallest absolute Gasteiger partial charge is 0.261 e. The van der Waals surface area contributed by atoms with E-state index < -0.39 is 10.0 Å². The van der Waals surface area contributed by atoms with Gasteiger partial charge in [0.05, 0.1) is 11.5 Å². The molecule has 0 aromatic heterocycles. The Bertz CT molecular complexity index is 823. The number of hydrogen-bond acceptors (Lipinski definition) is 5. The SMILES string of the molecule is COCCNC(=O)COc1ccc(S(=O)(=O)Nc2ccc(Cl)cc2)cc1. The van der Waals surface area contributed by atoms with Gasteiger partial charge in [-0.05, 0) is 48.5 Å². The summed E-state index contributed by atoms with van der Waals surface area (Å²) in [6.45, 7) is 0.643. The summed E-state index contributed by atoms with van der Waals surface area (Å²) in [5.74, 6) is 0.0977. The molecule has 2 aromatic rings. The highest BCUT2D eigenvalue weighted by Crippen LogP contribution is 2.20. The maximum atomic E-state index is 12.3. The number of sulfonamides is 1. The molecule has 0 aliphatic heterocycles. The molecule has 0 saturated carbocycles. The van der Waals surface area contributed by atoms with E-state index in [0.717, 1.165) is 0 Å². The molecule has 140 valence electrons. The first-order valence-corrected chi connectivity index (χ1v) is 9.54. The van der Waals surface area contributed by atoms with Gasteiger partial charge in [0.15, 0.2) is 6.61 Å². The van der Waals surface area contributed by atoms with Gasteiger partial charge in [0.2, 0.25) is 0 Å². The van der Waals surface area contributed by atoms with E-state index in [9.17, 15) is 13.2 Å². The quantitative estimate of drug-likeness (QED) is 0.632. The van der Waals surface area contributed by atoms with Crippen molar-refractivity contribution in [2.75, 3.05) is 31.6 Å². The summed E-state index contributed by atoms with van der Waals surface area (Å²) in [6.07, 6.45) is 0. The number of methoxy groups -OCH3 is 1. The first-order chi connectivity index (χ1) is 12.4. The molecule has 0 spiro atoms. The summed E-state index contributed by atoms with van der Waals surface area (Å²) < 4.78 is 37.3. The standard InChI is InChI=1S/C17H19ClN2O5S/c1-24-11-10-19-17(21)12-25-15-6-8-16(9-7-15)26(22,23)20-14-4-2-13(18)3-5-14/h2-9,20H,10-12H2,1H3,(H,19,21). The van der Waals surface area contributed by atoms with Crippen LogP contribution in [-0.4, -0.2) is 41.2 Å². The molecule has 1 amide bonds. The van der Waals surface area contributed by atoms with Gasteiger partial charge in [0, 0.05) is 24.4 Å². The predicted molar refractivity (Wildman–Crippen MR) is 99.1 cm³/mol. The summed E-state index contributed by atoms with van der Waals surface area (Å²) in [7, 11) is -2.19. The van der Waals surface area contributed by atoms with Crippen molar-refractivity contribution in [1.82, 2.24) is 5.32 Å². The number of carbonyl (C=O) groups excluding carboxylic acids is 1. The molecule has 2 aromatic carbocycles. The zero-order valence-electron chi connectivity index (χ0n) is 14.1. The van der Waals surface area contributed by atoms with Crippen LogP contribution in [0.3, 0.4) is 0 Å². The number of anilines is 1. The maximum Gasteiger partial charge on any atom is 0.261 e. The average Bonchev–Trinajstić information content (AvgIpc) is 2.62. The van der Waals surface area contributed by atoms with Crippen LogP contribution < -0.4 is 14.8 Å². The van der Waals surface area contributed by atoms with Crippen LogP contribution in [0.15, 0.2) is 53.4 Å². The Labute approximate surface area is 157 Å². The van der Waals surface area contributed by atoms with Crippen molar-refractivity contribution >= 4 is 33.2 Å². The van der Waals surface area contributed by atoms with Gasteiger partial charge in [-0.25, -0.2) is 8.42 Å². The van der Waals surface area contributed by atoms with Gasteiger partial charge in [0.25, 0.3) is 15.9 Å². The van der Waals surface area contributed by atoms with Crippen molar-refractivity contribution < 1.29 is 22.7 Å². The third-order valence-corrected chi connectivity index (χ3v) is 4.88. The summed E-state index contributed by atoms with van der Waals surface area (Å²) in [5, 5.41) is 3.13. The van der Waals surface area contributed by atoms with Crippen LogP contribution in [0.5, 0.6) is 5.75 Å². The normalized spacial score (nSPS) is 11.0. The molecule has 2 rings (SSSR count). The minimum atomic E-state index is -3.73. The van der Waals surface area contributed by atoms with E-state index >= 15 is 0 Å². The molecule has 0 unspecified atom stereocenters. The fraction of sp³-hybridized carbons (Fsp3) is 0.235. The zero-order valence-corrected chi connectivity index (χ0v) is 15.6. The van der Waals surface area contributed by atoms with Crippen LogP contribution in [0.1, 0.15) is 0 Å². The van der Waals surface area contributed by atoms with Crippen LogP contribution in [0.25, 0.3) is 0 Å². The summed E-state index contributed by atoms with van der Waals surface area (Å²) in [6, 6.07) is 12.1. The highest BCUT2D eigenvalue weighted by molar-refractivity contribution is 7.92. The fourth-order valence-corrected chi connectivity index (χ4v) is 3.12. The molecule has 0 aliphatic rings. The average molecular weight is 399 g/mol. The molecule has 9 heteroatoms. The molecular weight excluding hydrogens is 380 g/mol. The van der Waals surface area contributed by atoms with Crippen LogP contribution in [0.2, 0.25) is 5.02 Å². The number of hydrogen-bond donors (Lipinski definition) is 2. The molecule has 0 saturated heterocycles. The van der Waals surface area contributed by atoms with Crippen molar-refractivity contribution in [3.8, 4) is 5.75 Å². The predicted octanol–water partition coefficient (Wildman–Crippen LogP) is 2.28. The number of ether oxygens (including phenoxy) is 2. The Morgan fingerprint density at radius 2 is 1.73 bits per heavy atom. The lowest BCUT2D eigenvalue weighted by atomic mass is 10.3. The summed E-state index contributed by atoms with van der Waals surface area (Å²) >= 11 is 5.78. The van der Waals surface area contributed by atoms with Crippen molar-refractivity contribution in [3.05, 3.63) is 53.6 Å². The van der Waals surface area contributed by atoms with E-state index in [2.05, 4.69) is 10.0 Å². The Kier molecular flexibility index (Phi) is 7.26. The molecule has 2 N–H and O–H groups in total. The highest BCUT2D eigenvalue weighted by Gasteiger charge is 2.14. The van der Waals surface area contributed by atoms with Crippen LogP contribution in [0, 0.1) is 0 Å². The van der Waals surface area contributed by atoms with Gasteiger partial charge >= 0.3 is 0 Å². The van der Waals surface area contributed by atoms with Gasteiger partial charge in [-0.1, -0.05) is 11.6 Å². The van der Waals surface area contributed by atoms with Crippen LogP contribution in [0.4, 0.5) is 5.69 Å². The van der Waals surface area contributed by atoms with Crippen molar-refractivity contribution in [2.45, 2.75) is 4.90 Å². The third-order valence-electron chi connectivity index (χ3n) is 3.23. The Balaban J connectivity index is 1.93. The lowest BCUT2D eigenvalue weighted by Gasteiger charge is -2.10. The number of benzene rings is 2. The number of carbonyl (C=O) groups is 1. The lowest BCUT2D eigenvalue weighted by molar-refractivity contribution is -0.123. The van der Waals surface area contributed by atoms with Gasteiger partial charge in [-0.15, -0.1) is 0 Å². The van der Waals surface area contributed by atoms with Crippen molar-refractivity contribution in [2.24, 2.45) is 0 Å². The first-order valence-electron chi connectivity index (χ1n) is 7.67. The number of amides is 1. The second kappa shape index (κ2) is 9.42. The van der Waals surface area contributed by atoms with Crippen LogP contribution >= 0.6 is 11.6 Å². The molecule has 26 heavy (non-hydrogen) atoms. The van der Waals surface area contributed by atoms with E-state index in [0.29, 0.717) is 29.6 Å². The largest absolute Gasteiger partial charge is 0.484 e. The number of nitrogens with one attached hydrogen (secondary N) is 2. The molecule has 0 atom stereocenters. The second-order valence-electron chi connectivity index (χ2n) is 5.22. The van der Waals surface area contributed by atoms with Gasteiger partial charge in [-0.3, -0.25) is 9.52 Å². The minimum absolute atomic E-state index is 0.0735. The van der Waals surface area contributed by atoms with Gasteiger partial charge in [-0.2, -0.15) is 0 Å². The zero-order chi connectivity index (χ0) is 19.0. The van der Waals surface area contributed by atoms with Crippen LogP contribution in [-0.2, 0) is 19.6 Å². The first kappa shape index (κ1) is 20.0. The van der Waals surface area contributed by atoms with Crippen molar-refractivity contribution in [3.63, 3.8) is 0 Å². The molecular formula is C17H19ClN2O5S. The van der Waals surface area contributed by atoms with E-state index in [1.165, 1.54) is 24.3 Å². The van der Waals surface area contributed by atoms with E-state index in [1.54, 1.807) is 31.4 Å². The van der Waals surface area contributed by atoms with Crippen molar-refractivity contribution in [1.29, 1.82) is 0 Å². The molecule has 0 bridgehead atoms. The Morgan fingerprint density at radius 3 is 2.35 bits per heavy atom. The third kappa shape index (κ3) is 6.21. The second-order valence-corrected chi connectivity index (χ2v) is 7.33. The molecule has 0 fully saturated rings. The maximum absolute atomic E-state index is 12.3. The summed E-state index contributed by atoms with van der Waals surface area (Å²) in [4.78, 5) is 11.6. The number of halogens is 1. The molecule has 0 radical (unpaired) electrons. The number of rotatable bonds is 9. The monoisotopic (exact) mass is 398 g/mol. The highest BCUT2D eigenvalue weighted by atomic mass is 35.5. The Morgan fingerprint density at radius 1 is 1.08 bits per heavy atom. The molecule has 0 heterocycles.